The second-order valence-electron chi connectivity index (χ2n) is 5.69. The maximum Gasteiger partial charge on any atom is 0.215 e. The van der Waals surface area contributed by atoms with Crippen LogP contribution in [0.3, 0.4) is 0 Å². The maximum absolute atomic E-state index is 12.3. The largest absolute Gasteiger partial charge is 0.314 e. The molecule has 5 heteroatoms. The van der Waals surface area contributed by atoms with Crippen LogP contribution >= 0.6 is 0 Å². The molecule has 1 N–H and O–H groups in total. The molecule has 4 nitrogen and oxygen atoms in total. The molecule has 0 radical (unpaired) electrons. The van der Waals surface area contributed by atoms with Gasteiger partial charge in [0.25, 0.3) is 0 Å². The number of piperidine rings is 1. The van der Waals surface area contributed by atoms with Crippen molar-refractivity contribution in [1.29, 1.82) is 0 Å². The van der Waals surface area contributed by atoms with E-state index >= 15 is 0 Å². The molecule has 0 bridgehead atoms. The first-order chi connectivity index (χ1) is 9.12. The van der Waals surface area contributed by atoms with Gasteiger partial charge in [0.1, 0.15) is 0 Å². The third-order valence-corrected chi connectivity index (χ3v) is 5.77. The van der Waals surface area contributed by atoms with E-state index in [1.54, 1.807) is 0 Å². The Morgan fingerprint density at radius 2 is 2.05 bits per heavy atom. The number of rotatable bonds is 7. The van der Waals surface area contributed by atoms with Crippen molar-refractivity contribution in [3.05, 3.63) is 0 Å². The molecule has 1 heterocycles. The lowest BCUT2D eigenvalue weighted by Gasteiger charge is -2.25. The Morgan fingerprint density at radius 3 is 2.63 bits per heavy atom. The topological polar surface area (TPSA) is 49.4 Å². The van der Waals surface area contributed by atoms with Crippen molar-refractivity contribution >= 4 is 10.0 Å². The van der Waals surface area contributed by atoms with Crippen LogP contribution in [0.2, 0.25) is 0 Å². The van der Waals surface area contributed by atoms with Gasteiger partial charge >= 0.3 is 0 Å². The number of sulfonamides is 1. The third kappa shape index (κ3) is 4.79. The lowest BCUT2D eigenvalue weighted by molar-refractivity contribution is 0.385. The molecule has 1 aliphatic carbocycles. The van der Waals surface area contributed by atoms with Gasteiger partial charge in [-0.3, -0.25) is 0 Å². The van der Waals surface area contributed by atoms with Crippen LogP contribution in [0.15, 0.2) is 0 Å². The fourth-order valence-electron chi connectivity index (χ4n) is 2.56. The molecule has 108 valence electrons. The van der Waals surface area contributed by atoms with E-state index in [1.165, 1.54) is 17.1 Å². The van der Waals surface area contributed by atoms with Crippen molar-refractivity contribution < 1.29 is 8.42 Å². The van der Waals surface area contributed by atoms with E-state index in [1.807, 2.05) is 0 Å². The Balaban J connectivity index is 1.85. The van der Waals surface area contributed by atoms with Gasteiger partial charge in [-0.1, -0.05) is 12.3 Å². The summed E-state index contributed by atoms with van der Waals surface area (Å²) in [6.07, 6.45) is 11.8. The van der Waals surface area contributed by atoms with Gasteiger partial charge in [0.05, 0.1) is 12.3 Å². The summed E-state index contributed by atoms with van der Waals surface area (Å²) >= 11 is 0. The summed E-state index contributed by atoms with van der Waals surface area (Å²) < 4.78 is 26.2. The van der Waals surface area contributed by atoms with Crippen molar-refractivity contribution in [2.45, 2.75) is 44.6 Å². The van der Waals surface area contributed by atoms with Crippen LogP contribution in [0.1, 0.15) is 38.5 Å². The van der Waals surface area contributed by atoms with Gasteiger partial charge in [-0.15, -0.1) is 6.42 Å². The molecule has 2 aliphatic rings. The van der Waals surface area contributed by atoms with Crippen molar-refractivity contribution in [3.63, 3.8) is 0 Å². The Bertz CT molecular complexity index is 417. The van der Waals surface area contributed by atoms with Crippen LogP contribution in [0.4, 0.5) is 0 Å². The first-order valence-corrected chi connectivity index (χ1v) is 8.87. The summed E-state index contributed by atoms with van der Waals surface area (Å²) in [4.78, 5) is 0. The Kier molecular flexibility index (Phi) is 5.26. The van der Waals surface area contributed by atoms with E-state index in [0.29, 0.717) is 24.9 Å². The molecule has 0 aromatic rings. The number of nitrogens with zero attached hydrogens (tertiary/aromatic N) is 1. The van der Waals surface area contributed by atoms with Crippen LogP contribution in [0.25, 0.3) is 0 Å². The minimum Gasteiger partial charge on any atom is -0.314 e. The van der Waals surface area contributed by atoms with Gasteiger partial charge in [0, 0.05) is 12.6 Å². The van der Waals surface area contributed by atoms with E-state index < -0.39 is 10.0 Å². The van der Waals surface area contributed by atoms with Crippen LogP contribution in [-0.4, -0.2) is 44.2 Å². The summed E-state index contributed by atoms with van der Waals surface area (Å²) in [5.74, 6) is 3.24. The normalized spacial score (nSPS) is 24.3. The van der Waals surface area contributed by atoms with Crippen molar-refractivity contribution in [1.82, 2.24) is 9.62 Å². The highest BCUT2D eigenvalue weighted by molar-refractivity contribution is 7.89. The molecule has 0 aromatic carbocycles. The van der Waals surface area contributed by atoms with E-state index in [9.17, 15) is 8.42 Å². The summed E-state index contributed by atoms with van der Waals surface area (Å²) in [6, 6.07) is 0.358. The highest BCUT2D eigenvalue weighted by atomic mass is 32.2. The quantitative estimate of drug-likeness (QED) is 0.715. The second kappa shape index (κ2) is 6.74. The molecular formula is C14H24N2O2S. The molecule has 0 spiro atoms. The molecule has 1 unspecified atom stereocenters. The summed E-state index contributed by atoms with van der Waals surface area (Å²) in [6.45, 7) is 1.85. The van der Waals surface area contributed by atoms with Gasteiger partial charge < -0.3 is 5.32 Å². The number of hydrogen-bond acceptors (Lipinski definition) is 3. The van der Waals surface area contributed by atoms with Crippen molar-refractivity contribution in [3.8, 4) is 12.3 Å². The lowest BCUT2D eigenvalue weighted by atomic mass is 10.0. The second-order valence-corrected chi connectivity index (χ2v) is 7.78. The van der Waals surface area contributed by atoms with Crippen molar-refractivity contribution in [2.24, 2.45) is 5.92 Å². The smallest absolute Gasteiger partial charge is 0.215 e. The molecular weight excluding hydrogens is 260 g/mol. The van der Waals surface area contributed by atoms with Crippen molar-refractivity contribution in [2.75, 3.05) is 25.4 Å². The van der Waals surface area contributed by atoms with Crippen LogP contribution in [0, 0.1) is 18.3 Å². The first-order valence-electron chi connectivity index (χ1n) is 7.26. The average Bonchev–Trinajstić information content (AvgIpc) is 3.21. The zero-order valence-corrected chi connectivity index (χ0v) is 12.3. The van der Waals surface area contributed by atoms with E-state index in [-0.39, 0.29) is 12.3 Å². The van der Waals surface area contributed by atoms with Gasteiger partial charge in [0.15, 0.2) is 0 Å². The van der Waals surface area contributed by atoms with Crippen LogP contribution in [-0.2, 0) is 10.0 Å². The molecule has 1 saturated carbocycles. The molecule has 2 rings (SSSR count). The Labute approximate surface area is 117 Å². The Morgan fingerprint density at radius 1 is 1.26 bits per heavy atom. The zero-order chi connectivity index (χ0) is 13.7. The minimum atomic E-state index is -3.19. The van der Waals surface area contributed by atoms with Gasteiger partial charge in [-0.2, -0.15) is 4.31 Å². The van der Waals surface area contributed by atoms with E-state index in [4.69, 9.17) is 6.42 Å². The maximum atomic E-state index is 12.3. The third-order valence-electron chi connectivity index (χ3n) is 3.96. The highest BCUT2D eigenvalue weighted by Gasteiger charge is 2.30. The van der Waals surface area contributed by atoms with Gasteiger partial charge in [-0.25, -0.2) is 8.42 Å². The molecule has 1 aliphatic heterocycles. The molecule has 19 heavy (non-hydrogen) atoms. The fourth-order valence-corrected chi connectivity index (χ4v) is 4.11. The number of nitrogens with one attached hydrogen (secondary N) is 1. The lowest BCUT2D eigenvalue weighted by Crippen LogP contribution is -2.39. The predicted octanol–water partition coefficient (Wildman–Crippen LogP) is 1.19. The molecule has 0 amide bonds. The number of hydrogen-bond donors (Lipinski definition) is 1. The average molecular weight is 284 g/mol. The summed E-state index contributed by atoms with van der Waals surface area (Å²) in [5, 5.41) is 3.39. The van der Waals surface area contributed by atoms with Gasteiger partial charge in [0.2, 0.25) is 10.0 Å². The van der Waals surface area contributed by atoms with E-state index in [0.717, 1.165) is 25.8 Å². The predicted molar refractivity (Wildman–Crippen MR) is 77.2 cm³/mol. The SMILES string of the molecule is C#CCN(CC1CC1)S(=O)(=O)CCC1CCCCN1. The minimum absolute atomic E-state index is 0.219. The summed E-state index contributed by atoms with van der Waals surface area (Å²) in [7, 11) is -3.19. The molecule has 2 fully saturated rings. The highest BCUT2D eigenvalue weighted by Crippen LogP contribution is 2.30. The van der Waals surface area contributed by atoms with Crippen LogP contribution < -0.4 is 5.32 Å². The molecule has 1 atom stereocenters. The van der Waals surface area contributed by atoms with E-state index in [2.05, 4.69) is 11.2 Å². The van der Waals surface area contributed by atoms with Crippen LogP contribution in [0.5, 0.6) is 0 Å². The standard InChI is InChI=1S/C14H24N2O2S/c1-2-10-16(12-13-6-7-13)19(17,18)11-8-14-5-3-4-9-15-14/h1,13-15H,3-12H2. The zero-order valence-electron chi connectivity index (χ0n) is 11.5. The van der Waals surface area contributed by atoms with Gasteiger partial charge in [-0.05, 0) is 44.6 Å². The summed E-state index contributed by atoms with van der Waals surface area (Å²) in [5.41, 5.74) is 0. The Hall–Kier alpha value is -0.570. The fraction of sp³-hybridized carbons (Fsp3) is 0.857. The molecule has 1 saturated heterocycles. The molecule has 0 aromatic heterocycles. The monoisotopic (exact) mass is 284 g/mol. The first kappa shape index (κ1) is 14.8. The number of terminal acetylenes is 1.